The Bertz CT molecular complexity index is 578. The van der Waals surface area contributed by atoms with E-state index in [0.717, 1.165) is 10.4 Å². The Hall–Kier alpha value is -2.07. The van der Waals surface area contributed by atoms with Gasteiger partial charge < -0.3 is 10.0 Å². The highest BCUT2D eigenvalue weighted by molar-refractivity contribution is 7.09. The first-order chi connectivity index (χ1) is 9.69. The zero-order valence-electron chi connectivity index (χ0n) is 11.2. The normalized spacial score (nSPS) is 10.2. The van der Waals surface area contributed by atoms with Gasteiger partial charge in [-0.1, -0.05) is 24.3 Å². The molecule has 4 heteroatoms. The summed E-state index contributed by atoms with van der Waals surface area (Å²) in [7, 11) is 0. The van der Waals surface area contributed by atoms with E-state index in [-0.39, 0.29) is 18.1 Å². The van der Waals surface area contributed by atoms with Gasteiger partial charge in [0.15, 0.2) is 0 Å². The van der Waals surface area contributed by atoms with Crippen LogP contribution in [0.5, 0.6) is 5.75 Å². The molecule has 104 valence electrons. The van der Waals surface area contributed by atoms with Crippen LogP contribution in [-0.2, 0) is 17.8 Å². The molecular weight excluding hydrogens is 270 g/mol. The largest absolute Gasteiger partial charge is 0.508 e. The van der Waals surface area contributed by atoms with Crippen LogP contribution >= 0.6 is 11.3 Å². The summed E-state index contributed by atoms with van der Waals surface area (Å²) in [4.78, 5) is 15.3. The third-order valence-electron chi connectivity index (χ3n) is 2.89. The Kier molecular flexibility index (Phi) is 4.96. The first-order valence-corrected chi connectivity index (χ1v) is 7.26. The molecule has 3 nitrogen and oxygen atoms in total. The number of hydrogen-bond acceptors (Lipinski definition) is 3. The van der Waals surface area contributed by atoms with E-state index in [1.807, 2.05) is 23.6 Å². The predicted octanol–water partition coefficient (Wildman–Crippen LogP) is 3.21. The van der Waals surface area contributed by atoms with Crippen molar-refractivity contribution < 1.29 is 9.90 Å². The molecule has 1 aromatic heterocycles. The fourth-order valence-corrected chi connectivity index (χ4v) is 2.67. The van der Waals surface area contributed by atoms with E-state index in [0.29, 0.717) is 13.1 Å². The van der Waals surface area contributed by atoms with Gasteiger partial charge >= 0.3 is 0 Å². The monoisotopic (exact) mass is 287 g/mol. The van der Waals surface area contributed by atoms with Crippen LogP contribution in [0.4, 0.5) is 0 Å². The molecule has 0 radical (unpaired) electrons. The molecule has 0 saturated carbocycles. The van der Waals surface area contributed by atoms with Crippen molar-refractivity contribution in [1.29, 1.82) is 0 Å². The van der Waals surface area contributed by atoms with Gasteiger partial charge in [-0.25, -0.2) is 0 Å². The summed E-state index contributed by atoms with van der Waals surface area (Å²) in [5.74, 6) is 0.215. The second kappa shape index (κ2) is 6.91. The summed E-state index contributed by atoms with van der Waals surface area (Å²) in [6.07, 6.45) is 2.02. The summed E-state index contributed by atoms with van der Waals surface area (Å²) in [5, 5.41) is 11.4. The van der Waals surface area contributed by atoms with Crippen LogP contribution in [0, 0.1) is 0 Å². The molecule has 0 spiro atoms. The number of aromatic hydroxyl groups is 1. The SMILES string of the molecule is C=CCN(Cc1cccs1)C(=O)Cc1cccc(O)c1. The van der Waals surface area contributed by atoms with Gasteiger partial charge in [-0.2, -0.15) is 0 Å². The molecule has 0 unspecified atom stereocenters. The minimum Gasteiger partial charge on any atom is -0.508 e. The van der Waals surface area contributed by atoms with Crippen LogP contribution < -0.4 is 0 Å². The summed E-state index contributed by atoms with van der Waals surface area (Å²) in [5.41, 5.74) is 0.815. The Labute approximate surface area is 122 Å². The molecule has 0 fully saturated rings. The maximum atomic E-state index is 12.3. The molecule has 0 saturated heterocycles. The van der Waals surface area contributed by atoms with Crippen molar-refractivity contribution in [2.24, 2.45) is 0 Å². The quantitative estimate of drug-likeness (QED) is 0.829. The average Bonchev–Trinajstić information content (AvgIpc) is 2.91. The average molecular weight is 287 g/mol. The van der Waals surface area contributed by atoms with Crippen molar-refractivity contribution in [2.45, 2.75) is 13.0 Å². The molecule has 0 aliphatic heterocycles. The molecule has 0 aliphatic carbocycles. The first-order valence-electron chi connectivity index (χ1n) is 6.38. The molecular formula is C16H17NO2S. The lowest BCUT2D eigenvalue weighted by Crippen LogP contribution is -2.31. The maximum absolute atomic E-state index is 12.3. The van der Waals surface area contributed by atoms with Gasteiger partial charge in [-0.05, 0) is 29.1 Å². The lowest BCUT2D eigenvalue weighted by Gasteiger charge is -2.20. The molecule has 0 bridgehead atoms. The Morgan fingerprint density at radius 3 is 2.85 bits per heavy atom. The van der Waals surface area contributed by atoms with Crippen molar-refractivity contribution in [3.05, 3.63) is 64.9 Å². The second-order valence-electron chi connectivity index (χ2n) is 4.49. The zero-order chi connectivity index (χ0) is 14.4. The Morgan fingerprint density at radius 1 is 1.35 bits per heavy atom. The highest BCUT2D eigenvalue weighted by Gasteiger charge is 2.14. The van der Waals surface area contributed by atoms with Crippen molar-refractivity contribution in [3.63, 3.8) is 0 Å². The number of nitrogens with zero attached hydrogens (tertiary/aromatic N) is 1. The predicted molar refractivity (Wildman–Crippen MR) is 81.7 cm³/mol. The van der Waals surface area contributed by atoms with Gasteiger partial charge in [-0.3, -0.25) is 4.79 Å². The third-order valence-corrected chi connectivity index (χ3v) is 3.76. The van der Waals surface area contributed by atoms with Crippen LogP contribution in [0.25, 0.3) is 0 Å². The highest BCUT2D eigenvalue weighted by Crippen LogP contribution is 2.15. The third kappa shape index (κ3) is 3.96. The van der Waals surface area contributed by atoms with Gasteiger partial charge in [0.1, 0.15) is 5.75 Å². The van der Waals surface area contributed by atoms with Crippen LogP contribution in [0.15, 0.2) is 54.4 Å². The van der Waals surface area contributed by atoms with E-state index in [2.05, 4.69) is 6.58 Å². The number of thiophene rings is 1. The van der Waals surface area contributed by atoms with Gasteiger partial charge in [0.05, 0.1) is 13.0 Å². The van der Waals surface area contributed by atoms with E-state index in [4.69, 9.17) is 0 Å². The fourth-order valence-electron chi connectivity index (χ4n) is 1.95. The number of benzene rings is 1. The molecule has 2 rings (SSSR count). The van der Waals surface area contributed by atoms with E-state index in [1.54, 1.807) is 40.5 Å². The van der Waals surface area contributed by atoms with E-state index in [1.165, 1.54) is 0 Å². The molecule has 0 aliphatic rings. The molecule has 2 aromatic rings. The number of hydrogen-bond donors (Lipinski definition) is 1. The van der Waals surface area contributed by atoms with Gasteiger partial charge in [0.2, 0.25) is 5.91 Å². The first kappa shape index (κ1) is 14.3. The minimum absolute atomic E-state index is 0.0314. The summed E-state index contributed by atoms with van der Waals surface area (Å²) in [6.45, 7) is 4.82. The van der Waals surface area contributed by atoms with E-state index < -0.39 is 0 Å². The van der Waals surface area contributed by atoms with Crippen molar-refractivity contribution in [3.8, 4) is 5.75 Å². The standard InChI is InChI=1S/C16H17NO2S/c1-2-8-17(12-15-7-4-9-20-15)16(19)11-13-5-3-6-14(18)10-13/h2-7,9-10,18H,1,8,11-12H2. The van der Waals surface area contributed by atoms with Gasteiger partial charge in [-0.15, -0.1) is 17.9 Å². The number of phenolic OH excluding ortho intramolecular Hbond substituents is 1. The summed E-state index contributed by atoms with van der Waals surface area (Å²) in [6, 6.07) is 10.8. The van der Waals surface area contributed by atoms with Crippen LogP contribution in [-0.4, -0.2) is 22.5 Å². The summed E-state index contributed by atoms with van der Waals surface area (Å²) >= 11 is 1.64. The smallest absolute Gasteiger partial charge is 0.227 e. The fraction of sp³-hybridized carbons (Fsp3) is 0.188. The van der Waals surface area contributed by atoms with E-state index >= 15 is 0 Å². The molecule has 0 atom stereocenters. The maximum Gasteiger partial charge on any atom is 0.227 e. The van der Waals surface area contributed by atoms with Crippen LogP contribution in [0.2, 0.25) is 0 Å². The number of amides is 1. The summed E-state index contributed by atoms with van der Waals surface area (Å²) < 4.78 is 0. The van der Waals surface area contributed by atoms with Gasteiger partial charge in [0.25, 0.3) is 0 Å². The zero-order valence-corrected chi connectivity index (χ0v) is 12.0. The van der Waals surface area contributed by atoms with E-state index in [9.17, 15) is 9.90 Å². The lowest BCUT2D eigenvalue weighted by atomic mass is 10.1. The molecule has 1 aromatic carbocycles. The molecule has 1 heterocycles. The Balaban J connectivity index is 2.04. The minimum atomic E-state index is 0.0314. The number of carbonyl (C=O) groups is 1. The molecule has 20 heavy (non-hydrogen) atoms. The molecule has 1 N–H and O–H groups in total. The van der Waals surface area contributed by atoms with Crippen LogP contribution in [0.3, 0.4) is 0 Å². The topological polar surface area (TPSA) is 40.5 Å². The van der Waals surface area contributed by atoms with Crippen LogP contribution in [0.1, 0.15) is 10.4 Å². The number of carbonyl (C=O) groups excluding carboxylic acids is 1. The Morgan fingerprint density at radius 2 is 2.20 bits per heavy atom. The number of rotatable bonds is 6. The lowest BCUT2D eigenvalue weighted by molar-refractivity contribution is -0.130. The van der Waals surface area contributed by atoms with Crippen molar-refractivity contribution in [2.75, 3.05) is 6.54 Å². The van der Waals surface area contributed by atoms with Gasteiger partial charge in [0, 0.05) is 11.4 Å². The highest BCUT2D eigenvalue weighted by atomic mass is 32.1. The van der Waals surface area contributed by atoms with Crippen molar-refractivity contribution in [1.82, 2.24) is 4.90 Å². The molecule has 1 amide bonds. The number of phenols is 1. The van der Waals surface area contributed by atoms with Crippen molar-refractivity contribution >= 4 is 17.2 Å². The second-order valence-corrected chi connectivity index (χ2v) is 5.52.